The number of hydrogen-bond donors (Lipinski definition) is 0. The van der Waals surface area contributed by atoms with Gasteiger partial charge in [-0.15, -0.1) is 0 Å². The molecule has 0 saturated heterocycles. The summed E-state index contributed by atoms with van der Waals surface area (Å²) in [6, 6.07) is 11.9. The summed E-state index contributed by atoms with van der Waals surface area (Å²) in [6.07, 6.45) is 4.30. The molecule has 2 heterocycles. The molecule has 1 amide bonds. The van der Waals surface area contributed by atoms with Gasteiger partial charge >= 0.3 is 0 Å². The maximum absolute atomic E-state index is 14.7. The minimum Gasteiger partial charge on any atom is -0.481 e. The van der Waals surface area contributed by atoms with Crippen molar-refractivity contribution in [2.24, 2.45) is 0 Å². The lowest BCUT2D eigenvalue weighted by Gasteiger charge is -2.16. The summed E-state index contributed by atoms with van der Waals surface area (Å²) in [4.78, 5) is 34.2. The molecule has 0 aliphatic heterocycles. The predicted molar refractivity (Wildman–Crippen MR) is 120 cm³/mol. The Morgan fingerprint density at radius 3 is 2.59 bits per heavy atom. The van der Waals surface area contributed by atoms with Crippen LogP contribution in [0.4, 0.5) is 4.39 Å². The molecule has 0 aliphatic rings. The third-order valence-electron chi connectivity index (χ3n) is 5.21. The fourth-order valence-electron chi connectivity index (χ4n) is 3.42. The minimum atomic E-state index is -0.399. The maximum Gasteiger partial charge on any atom is 0.222 e. The minimum absolute atomic E-state index is 0.000844. The van der Waals surface area contributed by atoms with Crippen LogP contribution in [0.25, 0.3) is 11.1 Å². The molecule has 3 aromatic rings. The first kappa shape index (κ1) is 23.1. The molecule has 0 N–H and O–H groups in total. The average Bonchev–Trinajstić information content (AvgIpc) is 2.82. The number of pyridine rings is 2. The number of carbonyl (C=O) groups is 2. The molecule has 2 aromatic heterocycles. The van der Waals surface area contributed by atoms with Crippen LogP contribution in [0.3, 0.4) is 0 Å². The van der Waals surface area contributed by atoms with E-state index in [4.69, 9.17) is 4.74 Å². The number of methoxy groups -OCH3 is 1. The number of hydrogen-bond acceptors (Lipinski definition) is 5. The molecule has 1 aromatic carbocycles. The lowest BCUT2D eigenvalue weighted by Crippen LogP contribution is -2.25. The molecule has 32 heavy (non-hydrogen) atoms. The third-order valence-corrected chi connectivity index (χ3v) is 5.21. The molecule has 0 spiro atoms. The van der Waals surface area contributed by atoms with Crippen molar-refractivity contribution in [1.82, 2.24) is 14.9 Å². The number of rotatable bonds is 9. The SMILES string of the molecule is CCC(=O)N(C)Cc1ccc(-c2ccc(C(=O)CCc3cccnc3OC)nc2)c(F)c1. The van der Waals surface area contributed by atoms with Crippen molar-refractivity contribution >= 4 is 11.7 Å². The first-order chi connectivity index (χ1) is 15.4. The van der Waals surface area contributed by atoms with Gasteiger partial charge in [0.05, 0.1) is 7.11 Å². The third kappa shape index (κ3) is 5.55. The molecule has 3 rings (SSSR count). The first-order valence-corrected chi connectivity index (χ1v) is 10.4. The van der Waals surface area contributed by atoms with Crippen LogP contribution in [0.2, 0.25) is 0 Å². The highest BCUT2D eigenvalue weighted by Crippen LogP contribution is 2.24. The number of ether oxygens (including phenoxy) is 1. The summed E-state index contributed by atoms with van der Waals surface area (Å²) in [6.45, 7) is 2.14. The van der Waals surface area contributed by atoms with E-state index in [1.165, 1.54) is 12.3 Å². The number of aryl methyl sites for hydroxylation is 1. The number of Topliss-reactive ketones (excluding diaryl/α,β-unsaturated/α-hetero) is 1. The molecule has 7 heteroatoms. The monoisotopic (exact) mass is 435 g/mol. The molecule has 0 bridgehead atoms. The van der Waals surface area contributed by atoms with Crippen molar-refractivity contribution in [3.63, 3.8) is 0 Å². The second-order valence-corrected chi connectivity index (χ2v) is 7.44. The van der Waals surface area contributed by atoms with Gasteiger partial charge in [0.1, 0.15) is 11.5 Å². The van der Waals surface area contributed by atoms with Gasteiger partial charge in [-0.3, -0.25) is 14.6 Å². The number of benzene rings is 1. The Balaban J connectivity index is 1.67. The number of aromatic nitrogens is 2. The van der Waals surface area contributed by atoms with E-state index in [1.54, 1.807) is 62.5 Å². The largest absolute Gasteiger partial charge is 0.481 e. The van der Waals surface area contributed by atoms with Gasteiger partial charge in [-0.1, -0.05) is 31.2 Å². The summed E-state index contributed by atoms with van der Waals surface area (Å²) in [5, 5.41) is 0. The zero-order chi connectivity index (χ0) is 23.1. The quantitative estimate of drug-likeness (QED) is 0.464. The van der Waals surface area contributed by atoms with Crippen molar-refractivity contribution in [3.8, 4) is 17.0 Å². The highest BCUT2D eigenvalue weighted by Gasteiger charge is 2.13. The fraction of sp³-hybridized carbons (Fsp3) is 0.280. The Hall–Kier alpha value is -3.61. The fourth-order valence-corrected chi connectivity index (χ4v) is 3.42. The van der Waals surface area contributed by atoms with Crippen LogP contribution in [0, 0.1) is 5.82 Å². The Labute approximate surface area is 187 Å². The van der Waals surface area contributed by atoms with Gasteiger partial charge in [-0.05, 0) is 30.2 Å². The summed E-state index contributed by atoms with van der Waals surface area (Å²) < 4.78 is 19.9. The van der Waals surface area contributed by atoms with Crippen LogP contribution in [0.5, 0.6) is 5.88 Å². The Kier molecular flexibility index (Phi) is 7.65. The van der Waals surface area contributed by atoms with Gasteiger partial charge < -0.3 is 9.64 Å². The Bertz CT molecular complexity index is 1100. The zero-order valence-corrected chi connectivity index (χ0v) is 18.5. The molecular formula is C25H26FN3O3. The van der Waals surface area contributed by atoms with Crippen LogP contribution < -0.4 is 4.74 Å². The molecule has 0 aliphatic carbocycles. The molecule has 166 valence electrons. The van der Waals surface area contributed by atoms with Crippen LogP contribution in [-0.2, 0) is 17.8 Å². The molecule has 0 saturated carbocycles. The Morgan fingerprint density at radius 1 is 1.12 bits per heavy atom. The van der Waals surface area contributed by atoms with Crippen LogP contribution in [-0.4, -0.2) is 40.7 Å². The predicted octanol–water partition coefficient (Wildman–Crippen LogP) is 4.48. The van der Waals surface area contributed by atoms with Crippen molar-refractivity contribution in [2.45, 2.75) is 32.7 Å². The van der Waals surface area contributed by atoms with Crippen molar-refractivity contribution in [1.29, 1.82) is 0 Å². The van der Waals surface area contributed by atoms with Crippen molar-refractivity contribution in [3.05, 3.63) is 77.5 Å². The second-order valence-electron chi connectivity index (χ2n) is 7.44. The van der Waals surface area contributed by atoms with Gasteiger partial charge in [0.25, 0.3) is 0 Å². The van der Waals surface area contributed by atoms with E-state index in [0.717, 1.165) is 5.56 Å². The van der Waals surface area contributed by atoms with Crippen molar-refractivity contribution in [2.75, 3.05) is 14.2 Å². The van der Waals surface area contributed by atoms with Gasteiger partial charge in [-0.25, -0.2) is 9.37 Å². The van der Waals surface area contributed by atoms with E-state index in [-0.39, 0.29) is 18.1 Å². The lowest BCUT2D eigenvalue weighted by atomic mass is 10.0. The molecule has 0 unspecified atom stereocenters. The molecule has 0 fully saturated rings. The van der Waals surface area contributed by atoms with E-state index < -0.39 is 5.82 Å². The smallest absolute Gasteiger partial charge is 0.222 e. The summed E-state index contributed by atoms with van der Waals surface area (Å²) >= 11 is 0. The zero-order valence-electron chi connectivity index (χ0n) is 18.5. The average molecular weight is 435 g/mol. The number of ketones is 1. The van der Waals surface area contributed by atoms with Gasteiger partial charge in [0, 0.05) is 55.5 Å². The van der Waals surface area contributed by atoms with Gasteiger partial charge in [-0.2, -0.15) is 0 Å². The summed E-state index contributed by atoms with van der Waals surface area (Å²) in [5.74, 6) is -0.00000363. The topological polar surface area (TPSA) is 72.4 Å². The van der Waals surface area contributed by atoms with Crippen molar-refractivity contribution < 1.29 is 18.7 Å². The highest BCUT2D eigenvalue weighted by atomic mass is 19.1. The van der Waals surface area contributed by atoms with Crippen LogP contribution >= 0.6 is 0 Å². The maximum atomic E-state index is 14.7. The number of amides is 1. The molecule has 0 radical (unpaired) electrons. The summed E-state index contributed by atoms with van der Waals surface area (Å²) in [5.41, 5.74) is 2.87. The normalized spacial score (nSPS) is 10.6. The number of carbonyl (C=O) groups excluding carboxylic acids is 2. The van der Waals surface area contributed by atoms with E-state index >= 15 is 0 Å². The number of nitrogens with zero attached hydrogens (tertiary/aromatic N) is 3. The van der Waals surface area contributed by atoms with Crippen LogP contribution in [0.1, 0.15) is 41.4 Å². The molecular weight excluding hydrogens is 409 g/mol. The van der Waals surface area contributed by atoms with E-state index in [0.29, 0.717) is 47.7 Å². The van der Waals surface area contributed by atoms with Crippen LogP contribution in [0.15, 0.2) is 54.9 Å². The molecule has 0 atom stereocenters. The lowest BCUT2D eigenvalue weighted by molar-refractivity contribution is -0.130. The van der Waals surface area contributed by atoms with Gasteiger partial charge in [0.15, 0.2) is 5.78 Å². The first-order valence-electron chi connectivity index (χ1n) is 10.4. The second kappa shape index (κ2) is 10.6. The number of halogens is 1. The Morgan fingerprint density at radius 2 is 1.94 bits per heavy atom. The molecule has 6 nitrogen and oxygen atoms in total. The van der Waals surface area contributed by atoms with Gasteiger partial charge in [0.2, 0.25) is 11.8 Å². The van der Waals surface area contributed by atoms with E-state index in [9.17, 15) is 14.0 Å². The summed E-state index contributed by atoms with van der Waals surface area (Å²) in [7, 11) is 3.24. The standard InChI is InChI=1S/C25H26FN3O3/c1-4-24(31)29(2)16-17-7-10-20(21(26)14-17)19-8-11-22(28-15-19)23(30)12-9-18-6-5-13-27-25(18)32-3/h5-8,10-11,13-15H,4,9,12,16H2,1-3H3. The van der Waals surface area contributed by atoms with E-state index in [2.05, 4.69) is 9.97 Å². The van der Waals surface area contributed by atoms with E-state index in [1.807, 2.05) is 6.07 Å². The highest BCUT2D eigenvalue weighted by molar-refractivity contribution is 5.94.